The van der Waals surface area contributed by atoms with Gasteiger partial charge in [0.25, 0.3) is 23.6 Å². The normalized spacial score (nSPS) is 18.0. The van der Waals surface area contributed by atoms with Crippen LogP contribution >= 0.6 is 0 Å². The number of hydrogen-bond donors (Lipinski definition) is 5. The van der Waals surface area contributed by atoms with Crippen molar-refractivity contribution < 1.29 is 48.2 Å². The van der Waals surface area contributed by atoms with Crippen molar-refractivity contribution in [2.45, 2.75) is 69.0 Å². The molecule has 0 spiro atoms. The minimum absolute atomic E-state index is 0.0269. The number of aromatic nitrogens is 1. The van der Waals surface area contributed by atoms with Gasteiger partial charge in [-0.25, -0.2) is 9.78 Å². The number of nitrogens with zero attached hydrogens (tertiary/aromatic N) is 3. The Labute approximate surface area is 361 Å². The molecule has 2 saturated heterocycles. The Balaban J connectivity index is 0.801. The van der Waals surface area contributed by atoms with E-state index < -0.39 is 47.1 Å². The second-order valence-corrected chi connectivity index (χ2v) is 16.1. The van der Waals surface area contributed by atoms with Crippen LogP contribution in [0.5, 0.6) is 5.75 Å². The van der Waals surface area contributed by atoms with Crippen molar-refractivity contribution >= 4 is 53.0 Å². The van der Waals surface area contributed by atoms with Gasteiger partial charge in [0, 0.05) is 74.4 Å². The Hall–Kier alpha value is -7.43. The number of hydrogen-bond acceptors (Lipinski definition) is 12. The number of carbonyl (C=O) groups excluding carboxylic acids is 8. The van der Waals surface area contributed by atoms with Crippen molar-refractivity contribution in [3.8, 4) is 16.9 Å². The van der Waals surface area contributed by atoms with E-state index in [1.54, 1.807) is 47.4 Å². The summed E-state index contributed by atoms with van der Waals surface area (Å²) in [5, 5.41) is 22.4. The predicted molar refractivity (Wildman–Crippen MR) is 225 cm³/mol. The molecule has 0 bridgehead atoms. The summed E-state index contributed by atoms with van der Waals surface area (Å²) in [5.74, 6) is -4.39. The number of pyridine rings is 1. The number of imide groups is 2. The SMILES string of the molecule is COC(=O)C1(NC(=O)c2nccc(-c3ccc(C(=O)NC4CCN(C(=O)CCCNc5cccc6c5C(=O)N(C5CCC(=O)NC5=O)C6=O)CC4)cc3)c2O)Cc2ccccc2C1. The Bertz CT molecular complexity index is 2530. The molecule has 1 unspecified atom stereocenters. The summed E-state index contributed by atoms with van der Waals surface area (Å²) in [5.41, 5.74) is 2.19. The molecule has 3 aromatic carbocycles. The second-order valence-electron chi connectivity index (χ2n) is 16.1. The molecular formula is C46H45N7O10. The number of ether oxygens (including phenoxy) is 1. The number of piperidine rings is 2. The average molecular weight is 856 g/mol. The van der Waals surface area contributed by atoms with Crippen molar-refractivity contribution in [3.63, 3.8) is 0 Å². The van der Waals surface area contributed by atoms with Crippen LogP contribution in [0.15, 0.2) is 79.0 Å². The number of methoxy groups -OCH3 is 1. The zero-order valence-electron chi connectivity index (χ0n) is 34.4. The highest BCUT2D eigenvalue weighted by atomic mass is 16.5. The molecule has 7 amide bonds. The highest BCUT2D eigenvalue weighted by Crippen LogP contribution is 2.35. The average Bonchev–Trinajstić information content (AvgIpc) is 3.79. The first kappa shape index (κ1) is 42.3. The highest BCUT2D eigenvalue weighted by molar-refractivity contribution is 6.25. The third kappa shape index (κ3) is 8.33. The molecule has 0 radical (unpaired) electrons. The monoisotopic (exact) mass is 855 g/mol. The topological polar surface area (TPSA) is 234 Å². The number of carbonyl (C=O) groups is 8. The first-order valence-electron chi connectivity index (χ1n) is 20.8. The van der Waals surface area contributed by atoms with Crippen molar-refractivity contribution in [3.05, 3.63) is 113 Å². The third-order valence-electron chi connectivity index (χ3n) is 12.2. The van der Waals surface area contributed by atoms with Gasteiger partial charge in [0.2, 0.25) is 17.7 Å². The lowest BCUT2D eigenvalue weighted by Crippen LogP contribution is -2.56. The Morgan fingerprint density at radius 2 is 1.57 bits per heavy atom. The number of aromatic hydroxyl groups is 1. The minimum atomic E-state index is -1.35. The molecule has 17 heteroatoms. The largest absolute Gasteiger partial charge is 0.505 e. The summed E-state index contributed by atoms with van der Waals surface area (Å²) in [6.45, 7) is 1.26. The van der Waals surface area contributed by atoms with E-state index in [-0.39, 0.29) is 72.5 Å². The van der Waals surface area contributed by atoms with E-state index in [9.17, 15) is 43.5 Å². The maximum atomic E-state index is 13.5. The number of benzene rings is 3. The van der Waals surface area contributed by atoms with Gasteiger partial charge < -0.3 is 30.7 Å². The van der Waals surface area contributed by atoms with Gasteiger partial charge in [-0.05, 0) is 72.7 Å². The Morgan fingerprint density at radius 1 is 0.857 bits per heavy atom. The molecule has 8 rings (SSSR count). The fourth-order valence-electron chi connectivity index (χ4n) is 8.85. The molecule has 1 atom stereocenters. The van der Waals surface area contributed by atoms with E-state index in [2.05, 4.69) is 26.3 Å². The predicted octanol–water partition coefficient (Wildman–Crippen LogP) is 2.91. The number of likely N-dealkylation sites (tertiary alicyclic amines) is 1. The zero-order valence-corrected chi connectivity index (χ0v) is 34.4. The van der Waals surface area contributed by atoms with Gasteiger partial charge in [0.05, 0.1) is 18.2 Å². The molecule has 3 aliphatic heterocycles. The molecular weight excluding hydrogens is 811 g/mol. The summed E-state index contributed by atoms with van der Waals surface area (Å²) in [4.78, 5) is 110. The van der Waals surface area contributed by atoms with Crippen molar-refractivity contribution in [1.29, 1.82) is 0 Å². The van der Waals surface area contributed by atoms with E-state index >= 15 is 0 Å². The maximum Gasteiger partial charge on any atom is 0.332 e. The number of nitrogens with one attached hydrogen (secondary N) is 4. The van der Waals surface area contributed by atoms with Gasteiger partial charge in [0.1, 0.15) is 11.6 Å². The van der Waals surface area contributed by atoms with E-state index in [0.717, 1.165) is 16.0 Å². The summed E-state index contributed by atoms with van der Waals surface area (Å²) in [6, 6.07) is 19.2. The Morgan fingerprint density at radius 3 is 2.25 bits per heavy atom. The summed E-state index contributed by atoms with van der Waals surface area (Å²) in [7, 11) is 1.26. The van der Waals surface area contributed by atoms with Gasteiger partial charge in [-0.3, -0.25) is 43.8 Å². The molecule has 1 aromatic heterocycles. The van der Waals surface area contributed by atoms with Gasteiger partial charge in [-0.15, -0.1) is 0 Å². The molecule has 17 nitrogen and oxygen atoms in total. The fraction of sp³-hybridized carbons (Fsp3) is 0.326. The van der Waals surface area contributed by atoms with Crippen molar-refractivity contribution in [2.24, 2.45) is 0 Å². The number of esters is 1. The molecule has 4 heterocycles. The first-order chi connectivity index (χ1) is 30.4. The minimum Gasteiger partial charge on any atom is -0.505 e. The van der Waals surface area contributed by atoms with Crippen molar-refractivity contribution in [1.82, 2.24) is 30.7 Å². The lowest BCUT2D eigenvalue weighted by atomic mass is 9.95. The fourth-order valence-corrected chi connectivity index (χ4v) is 8.85. The van der Waals surface area contributed by atoms with Crippen LogP contribution in [0.4, 0.5) is 5.69 Å². The number of rotatable bonds is 12. The molecule has 324 valence electrons. The lowest BCUT2D eigenvalue weighted by molar-refractivity contribution is -0.148. The van der Waals surface area contributed by atoms with Crippen LogP contribution in [-0.4, -0.2) is 112 Å². The molecule has 1 aliphatic carbocycles. The summed E-state index contributed by atoms with van der Waals surface area (Å²) < 4.78 is 5.07. The smallest absolute Gasteiger partial charge is 0.332 e. The molecule has 4 aliphatic rings. The number of amides is 7. The van der Waals surface area contributed by atoms with Gasteiger partial charge in [0.15, 0.2) is 11.4 Å². The van der Waals surface area contributed by atoms with E-state index in [4.69, 9.17) is 4.74 Å². The van der Waals surface area contributed by atoms with Crippen molar-refractivity contribution in [2.75, 3.05) is 32.1 Å². The second kappa shape index (κ2) is 17.5. The third-order valence-corrected chi connectivity index (χ3v) is 12.2. The van der Waals surface area contributed by atoms with Gasteiger partial charge in [-0.2, -0.15) is 0 Å². The van der Waals surface area contributed by atoms with Crippen LogP contribution in [0, 0.1) is 0 Å². The van der Waals surface area contributed by atoms with Crippen LogP contribution in [0.1, 0.15) is 91.2 Å². The zero-order chi connectivity index (χ0) is 44.4. The molecule has 2 fully saturated rings. The van der Waals surface area contributed by atoms with Crippen LogP contribution in [0.3, 0.4) is 0 Å². The standard InChI is InChI=1S/C46H45N7O10/c1-63-45(62)46(24-28-6-2-3-7-29(28)25-46)51-42(59)38-39(56)31(17-21-48-38)26-11-13-27(14-12-26)40(57)49-30-18-22-52(23-19-30)36(55)10-5-20-47-33-9-4-8-32-37(33)44(61)53(43(32)60)34-15-16-35(54)50-41(34)58/h2-4,6-9,11-14,17,21,30,34,47,56H,5,10,15-16,18-20,22-25H2,1H3,(H,49,57)(H,51,59)(H,50,54,58). The van der Waals surface area contributed by atoms with Crippen LogP contribution < -0.4 is 21.3 Å². The highest BCUT2D eigenvalue weighted by Gasteiger charge is 2.47. The van der Waals surface area contributed by atoms with E-state index in [1.165, 1.54) is 19.4 Å². The summed E-state index contributed by atoms with van der Waals surface area (Å²) >= 11 is 0. The molecule has 63 heavy (non-hydrogen) atoms. The summed E-state index contributed by atoms with van der Waals surface area (Å²) in [6.07, 6.45) is 3.74. The number of fused-ring (bicyclic) bond motifs is 2. The first-order valence-corrected chi connectivity index (χ1v) is 20.8. The molecule has 5 N–H and O–H groups in total. The van der Waals surface area contributed by atoms with Crippen LogP contribution in [-0.2, 0) is 36.8 Å². The maximum absolute atomic E-state index is 13.5. The lowest BCUT2D eigenvalue weighted by Gasteiger charge is -2.32. The van der Waals surface area contributed by atoms with Gasteiger partial charge >= 0.3 is 5.97 Å². The van der Waals surface area contributed by atoms with Gasteiger partial charge in [-0.1, -0.05) is 42.5 Å². The molecule has 0 saturated carbocycles. The molecule has 4 aromatic rings. The Kier molecular flexibility index (Phi) is 11.7. The number of anilines is 1. The van der Waals surface area contributed by atoms with Crippen LogP contribution in [0.25, 0.3) is 11.1 Å². The quantitative estimate of drug-likeness (QED) is 0.0787. The van der Waals surface area contributed by atoms with Crippen LogP contribution in [0.2, 0.25) is 0 Å². The van der Waals surface area contributed by atoms with E-state index in [0.29, 0.717) is 61.3 Å². The van der Waals surface area contributed by atoms with E-state index in [1.807, 2.05) is 24.3 Å².